The van der Waals surface area contributed by atoms with Gasteiger partial charge in [-0.15, -0.1) is 0 Å². The van der Waals surface area contributed by atoms with Crippen molar-refractivity contribution >= 4 is 5.91 Å². The van der Waals surface area contributed by atoms with E-state index in [4.69, 9.17) is 10.00 Å². The van der Waals surface area contributed by atoms with Gasteiger partial charge in [-0.3, -0.25) is 4.79 Å². The number of halogens is 1. The summed E-state index contributed by atoms with van der Waals surface area (Å²) >= 11 is 0. The number of ether oxygens (including phenoxy) is 1. The lowest BCUT2D eigenvalue weighted by molar-refractivity contribution is 0.0734. The molecule has 1 aromatic heterocycles. The van der Waals surface area contributed by atoms with Crippen LogP contribution in [0, 0.1) is 17.1 Å². The first-order chi connectivity index (χ1) is 14.0. The fraction of sp³-hybridized carbons (Fsp3) is 0.217. The number of nitrogens with zero attached hydrogens (tertiary/aromatic N) is 3. The van der Waals surface area contributed by atoms with Crippen LogP contribution in [0.2, 0.25) is 0 Å². The predicted molar refractivity (Wildman–Crippen MR) is 108 cm³/mol. The molecule has 0 aliphatic rings. The number of aromatic nitrogens is 1. The Morgan fingerprint density at radius 2 is 1.93 bits per heavy atom. The molecular formula is C23H22FN3O2. The van der Waals surface area contributed by atoms with Crippen molar-refractivity contribution in [2.24, 2.45) is 7.05 Å². The van der Waals surface area contributed by atoms with E-state index in [2.05, 4.69) is 6.07 Å². The Kier molecular flexibility index (Phi) is 6.30. The average molecular weight is 391 g/mol. The first-order valence-electron chi connectivity index (χ1n) is 9.24. The lowest BCUT2D eigenvalue weighted by Crippen LogP contribution is -2.33. The van der Waals surface area contributed by atoms with E-state index in [9.17, 15) is 9.18 Å². The van der Waals surface area contributed by atoms with Gasteiger partial charge in [0.15, 0.2) is 0 Å². The number of benzene rings is 2. The number of hydrogen-bond acceptors (Lipinski definition) is 3. The molecule has 1 heterocycles. The zero-order valence-electron chi connectivity index (χ0n) is 16.4. The first kappa shape index (κ1) is 20.2. The summed E-state index contributed by atoms with van der Waals surface area (Å²) in [6.45, 7) is 0.798. The topological polar surface area (TPSA) is 58.3 Å². The molecule has 0 bridgehead atoms. The normalized spacial score (nSPS) is 10.4. The Bertz CT molecular complexity index is 1040. The summed E-state index contributed by atoms with van der Waals surface area (Å²) in [5.41, 5.74) is 2.70. The quantitative estimate of drug-likeness (QED) is 0.613. The van der Waals surface area contributed by atoms with E-state index in [0.29, 0.717) is 36.5 Å². The molecule has 0 atom stereocenters. The number of hydrogen-bond donors (Lipinski definition) is 0. The number of nitriles is 1. The Morgan fingerprint density at radius 3 is 2.59 bits per heavy atom. The maximum Gasteiger partial charge on any atom is 0.270 e. The van der Waals surface area contributed by atoms with Crippen molar-refractivity contribution in [3.05, 3.63) is 89.0 Å². The third kappa shape index (κ3) is 4.82. The van der Waals surface area contributed by atoms with Crippen LogP contribution in [0.3, 0.4) is 0 Å². The number of aryl methyl sites for hydroxylation is 1. The summed E-state index contributed by atoms with van der Waals surface area (Å²) < 4.78 is 20.3. The van der Waals surface area contributed by atoms with Gasteiger partial charge in [-0.1, -0.05) is 30.3 Å². The van der Waals surface area contributed by atoms with E-state index in [0.717, 1.165) is 11.1 Å². The van der Waals surface area contributed by atoms with Gasteiger partial charge in [-0.2, -0.15) is 5.26 Å². The van der Waals surface area contributed by atoms with Gasteiger partial charge in [0.2, 0.25) is 0 Å². The molecule has 0 aliphatic heterocycles. The van der Waals surface area contributed by atoms with Gasteiger partial charge in [0.1, 0.15) is 23.3 Å². The van der Waals surface area contributed by atoms with Gasteiger partial charge >= 0.3 is 0 Å². The molecule has 5 nitrogen and oxygen atoms in total. The first-order valence-corrected chi connectivity index (χ1v) is 9.24. The van der Waals surface area contributed by atoms with E-state index in [1.165, 1.54) is 12.1 Å². The van der Waals surface area contributed by atoms with Crippen LogP contribution in [0.4, 0.5) is 4.39 Å². The van der Waals surface area contributed by atoms with Crippen molar-refractivity contribution in [2.45, 2.75) is 13.0 Å². The molecule has 0 unspecified atom stereocenters. The van der Waals surface area contributed by atoms with E-state index in [1.54, 1.807) is 48.0 Å². The van der Waals surface area contributed by atoms with Crippen molar-refractivity contribution in [3.8, 4) is 11.8 Å². The lowest BCUT2D eigenvalue weighted by atomic mass is 10.1. The van der Waals surface area contributed by atoms with Crippen LogP contribution in [0.5, 0.6) is 5.75 Å². The van der Waals surface area contributed by atoms with Crippen molar-refractivity contribution in [1.29, 1.82) is 5.26 Å². The third-order valence-electron chi connectivity index (χ3n) is 4.78. The fourth-order valence-electron chi connectivity index (χ4n) is 3.21. The number of carbonyl (C=O) groups is 1. The minimum Gasteiger partial charge on any atom is -0.496 e. The van der Waals surface area contributed by atoms with Crippen LogP contribution >= 0.6 is 0 Å². The molecule has 0 saturated heterocycles. The minimum atomic E-state index is -0.288. The molecular weight excluding hydrogens is 369 g/mol. The van der Waals surface area contributed by atoms with Crippen LogP contribution in [-0.4, -0.2) is 29.0 Å². The summed E-state index contributed by atoms with van der Waals surface area (Å²) in [5.74, 6) is 0.238. The molecule has 0 radical (unpaired) electrons. The molecule has 0 saturated carbocycles. The van der Waals surface area contributed by atoms with Crippen molar-refractivity contribution in [2.75, 3.05) is 13.7 Å². The lowest BCUT2D eigenvalue weighted by Gasteiger charge is -2.24. The molecule has 1 amide bonds. The second-order valence-corrected chi connectivity index (χ2v) is 6.75. The monoisotopic (exact) mass is 391 g/mol. The van der Waals surface area contributed by atoms with Crippen molar-refractivity contribution < 1.29 is 13.9 Å². The second-order valence-electron chi connectivity index (χ2n) is 6.75. The number of amides is 1. The van der Waals surface area contributed by atoms with E-state index < -0.39 is 0 Å². The van der Waals surface area contributed by atoms with Gasteiger partial charge < -0.3 is 14.2 Å². The molecule has 29 heavy (non-hydrogen) atoms. The molecule has 0 fully saturated rings. The minimum absolute atomic E-state index is 0.179. The molecule has 3 aromatic rings. The molecule has 2 aromatic carbocycles. The smallest absolute Gasteiger partial charge is 0.270 e. The van der Waals surface area contributed by atoms with Crippen LogP contribution < -0.4 is 4.74 Å². The highest BCUT2D eigenvalue weighted by Crippen LogP contribution is 2.21. The highest BCUT2D eigenvalue weighted by molar-refractivity contribution is 5.93. The fourth-order valence-corrected chi connectivity index (χ4v) is 3.21. The number of carbonyl (C=O) groups excluding carboxylic acids is 1. The predicted octanol–water partition coefficient (Wildman–Crippen LogP) is 3.93. The van der Waals surface area contributed by atoms with Crippen LogP contribution in [0.1, 0.15) is 27.2 Å². The Hall–Kier alpha value is -3.59. The highest BCUT2D eigenvalue weighted by Gasteiger charge is 2.21. The van der Waals surface area contributed by atoms with Gasteiger partial charge in [0, 0.05) is 31.9 Å². The third-order valence-corrected chi connectivity index (χ3v) is 4.78. The maximum absolute atomic E-state index is 13.3. The number of para-hydroxylation sites is 1. The van der Waals surface area contributed by atoms with Crippen molar-refractivity contribution in [1.82, 2.24) is 9.47 Å². The van der Waals surface area contributed by atoms with Gasteiger partial charge in [0.25, 0.3) is 5.91 Å². The molecule has 0 N–H and O–H groups in total. The Balaban J connectivity index is 1.87. The summed E-state index contributed by atoms with van der Waals surface area (Å²) in [6, 6.07) is 17.5. The van der Waals surface area contributed by atoms with Crippen LogP contribution in [0.25, 0.3) is 0 Å². The molecule has 3 rings (SSSR count). The van der Waals surface area contributed by atoms with Crippen molar-refractivity contribution in [3.63, 3.8) is 0 Å². The summed E-state index contributed by atoms with van der Waals surface area (Å²) in [7, 11) is 3.34. The van der Waals surface area contributed by atoms with Crippen LogP contribution in [0.15, 0.2) is 60.8 Å². The standard InChI is InChI=1S/C23H22FN3O2/c1-26-15-18(14-25)13-21(26)23(28)27(12-11-17-7-9-20(24)10-8-17)16-19-5-3-4-6-22(19)29-2/h3-10,13,15H,11-12,16H2,1-2H3. The highest BCUT2D eigenvalue weighted by atomic mass is 19.1. The zero-order chi connectivity index (χ0) is 20.8. The summed E-state index contributed by atoms with van der Waals surface area (Å²) in [4.78, 5) is 15.0. The van der Waals surface area contributed by atoms with Gasteiger partial charge in [0.05, 0.1) is 12.7 Å². The van der Waals surface area contributed by atoms with Crippen LogP contribution in [-0.2, 0) is 20.0 Å². The zero-order valence-corrected chi connectivity index (χ0v) is 16.4. The Labute approximate surface area is 169 Å². The van der Waals surface area contributed by atoms with Gasteiger partial charge in [-0.05, 0) is 36.2 Å². The molecule has 148 valence electrons. The van der Waals surface area contributed by atoms with E-state index >= 15 is 0 Å². The largest absolute Gasteiger partial charge is 0.496 e. The van der Waals surface area contributed by atoms with E-state index in [1.807, 2.05) is 24.3 Å². The second kappa shape index (κ2) is 9.07. The van der Waals surface area contributed by atoms with Gasteiger partial charge in [-0.25, -0.2) is 4.39 Å². The summed E-state index contributed by atoms with van der Waals surface area (Å²) in [6.07, 6.45) is 2.21. The van der Waals surface area contributed by atoms with E-state index in [-0.39, 0.29) is 11.7 Å². The average Bonchev–Trinajstić information content (AvgIpc) is 3.12. The molecule has 0 spiro atoms. The SMILES string of the molecule is COc1ccccc1CN(CCc1ccc(F)cc1)C(=O)c1cc(C#N)cn1C. The Morgan fingerprint density at radius 1 is 1.21 bits per heavy atom. The molecule has 6 heteroatoms. The maximum atomic E-state index is 13.3. The molecule has 0 aliphatic carbocycles. The number of methoxy groups -OCH3 is 1. The summed E-state index contributed by atoms with van der Waals surface area (Å²) in [5, 5.41) is 9.14. The number of rotatable bonds is 7.